The smallest absolute Gasteiger partial charge is 0.0834 e. The maximum atomic E-state index is 5.97. The van der Waals surface area contributed by atoms with Crippen molar-refractivity contribution in [2.75, 3.05) is 13.7 Å². The van der Waals surface area contributed by atoms with Crippen molar-refractivity contribution < 1.29 is 4.74 Å². The van der Waals surface area contributed by atoms with E-state index in [1.54, 1.807) is 0 Å². The van der Waals surface area contributed by atoms with Crippen molar-refractivity contribution in [1.29, 1.82) is 0 Å². The summed E-state index contributed by atoms with van der Waals surface area (Å²) in [5.41, 5.74) is 0.0403. The first-order chi connectivity index (χ1) is 9.22. The van der Waals surface area contributed by atoms with E-state index in [1.165, 1.54) is 41.5 Å². The Bertz CT molecular complexity index is 387. The van der Waals surface area contributed by atoms with Crippen molar-refractivity contribution in [1.82, 2.24) is 5.32 Å². The van der Waals surface area contributed by atoms with Gasteiger partial charge in [0.1, 0.15) is 0 Å². The lowest BCUT2D eigenvalue weighted by molar-refractivity contribution is -0.0353. The van der Waals surface area contributed by atoms with Crippen LogP contribution in [0.3, 0.4) is 0 Å². The van der Waals surface area contributed by atoms with Crippen LogP contribution in [-0.2, 0) is 11.2 Å². The van der Waals surface area contributed by atoms with E-state index in [9.17, 15) is 0 Å². The van der Waals surface area contributed by atoms with Gasteiger partial charge >= 0.3 is 0 Å². The molecule has 108 valence electrons. The lowest BCUT2D eigenvalue weighted by Crippen LogP contribution is -2.51. The Kier molecular flexibility index (Phi) is 5.87. The second-order valence-corrected chi connectivity index (χ2v) is 7.23. The van der Waals surface area contributed by atoms with Gasteiger partial charge in [0, 0.05) is 28.9 Å². The highest BCUT2D eigenvalue weighted by atomic mass is 79.9. The van der Waals surface area contributed by atoms with Crippen LogP contribution in [0.25, 0.3) is 0 Å². The molecule has 0 spiro atoms. The SMILES string of the molecule is CCCNC(Cc1sccc1Br)C1(OC)CCCC1. The van der Waals surface area contributed by atoms with E-state index in [4.69, 9.17) is 4.74 Å². The first-order valence-electron chi connectivity index (χ1n) is 7.22. The third-order valence-corrected chi connectivity index (χ3v) is 6.16. The molecule has 1 fully saturated rings. The summed E-state index contributed by atoms with van der Waals surface area (Å²) in [6.07, 6.45) is 7.20. The van der Waals surface area contributed by atoms with Gasteiger partial charge in [0.05, 0.1) is 5.60 Å². The monoisotopic (exact) mass is 345 g/mol. The van der Waals surface area contributed by atoms with Crippen LogP contribution >= 0.6 is 27.3 Å². The fraction of sp³-hybridized carbons (Fsp3) is 0.733. The summed E-state index contributed by atoms with van der Waals surface area (Å²) in [6.45, 7) is 3.29. The summed E-state index contributed by atoms with van der Waals surface area (Å²) < 4.78 is 7.21. The Morgan fingerprint density at radius 3 is 2.74 bits per heavy atom. The molecule has 0 aliphatic heterocycles. The van der Waals surface area contributed by atoms with Crippen molar-refractivity contribution in [3.8, 4) is 0 Å². The molecule has 1 aliphatic carbocycles. The largest absolute Gasteiger partial charge is 0.377 e. The van der Waals surface area contributed by atoms with E-state index in [1.807, 2.05) is 18.4 Å². The number of thiophene rings is 1. The highest BCUT2D eigenvalue weighted by Crippen LogP contribution is 2.38. The van der Waals surface area contributed by atoms with E-state index in [2.05, 4.69) is 39.6 Å². The maximum absolute atomic E-state index is 5.97. The number of halogens is 1. The van der Waals surface area contributed by atoms with Crippen molar-refractivity contribution in [3.63, 3.8) is 0 Å². The lowest BCUT2D eigenvalue weighted by Gasteiger charge is -2.37. The summed E-state index contributed by atoms with van der Waals surface area (Å²) in [5, 5.41) is 5.89. The zero-order valence-electron chi connectivity index (χ0n) is 11.9. The van der Waals surface area contributed by atoms with Crippen LogP contribution in [-0.4, -0.2) is 25.3 Å². The zero-order valence-corrected chi connectivity index (χ0v) is 14.3. The van der Waals surface area contributed by atoms with Crippen LogP contribution < -0.4 is 5.32 Å². The third-order valence-electron chi connectivity index (χ3n) is 4.21. The van der Waals surface area contributed by atoms with Gasteiger partial charge < -0.3 is 10.1 Å². The first kappa shape index (κ1) is 15.5. The van der Waals surface area contributed by atoms with Crippen LogP contribution in [0.4, 0.5) is 0 Å². The van der Waals surface area contributed by atoms with Gasteiger partial charge in [-0.2, -0.15) is 0 Å². The predicted octanol–water partition coefficient (Wildman–Crippen LogP) is 4.38. The minimum Gasteiger partial charge on any atom is -0.377 e. The number of hydrogen-bond acceptors (Lipinski definition) is 3. The molecule has 1 N–H and O–H groups in total. The van der Waals surface area contributed by atoms with Gasteiger partial charge in [-0.1, -0.05) is 19.8 Å². The molecule has 4 heteroatoms. The van der Waals surface area contributed by atoms with E-state index in [0.717, 1.165) is 13.0 Å². The predicted molar refractivity (Wildman–Crippen MR) is 86.0 cm³/mol. The Labute approximate surface area is 129 Å². The van der Waals surface area contributed by atoms with E-state index in [0.29, 0.717) is 6.04 Å². The Morgan fingerprint density at radius 1 is 1.47 bits per heavy atom. The normalized spacial score (nSPS) is 19.7. The van der Waals surface area contributed by atoms with E-state index in [-0.39, 0.29) is 5.60 Å². The first-order valence-corrected chi connectivity index (χ1v) is 8.89. The third kappa shape index (κ3) is 3.60. The van der Waals surface area contributed by atoms with Gasteiger partial charge in [-0.3, -0.25) is 0 Å². The molecule has 2 rings (SSSR count). The van der Waals surface area contributed by atoms with Gasteiger partial charge in [-0.15, -0.1) is 11.3 Å². The molecular weight excluding hydrogens is 322 g/mol. The molecular formula is C15H24BrNOS. The van der Waals surface area contributed by atoms with Crippen LogP contribution in [0.5, 0.6) is 0 Å². The molecule has 1 unspecified atom stereocenters. The van der Waals surface area contributed by atoms with Crippen LogP contribution in [0.15, 0.2) is 15.9 Å². The molecule has 1 aromatic rings. The number of ether oxygens (including phenoxy) is 1. The van der Waals surface area contributed by atoms with E-state index < -0.39 is 0 Å². The molecule has 0 aromatic carbocycles. The maximum Gasteiger partial charge on any atom is 0.0834 e. The zero-order chi connectivity index (χ0) is 13.7. The van der Waals surface area contributed by atoms with Crippen molar-refractivity contribution in [2.45, 2.75) is 57.1 Å². The molecule has 1 heterocycles. The second kappa shape index (κ2) is 7.21. The van der Waals surface area contributed by atoms with Gasteiger partial charge in [0.2, 0.25) is 0 Å². The summed E-state index contributed by atoms with van der Waals surface area (Å²) >= 11 is 5.49. The van der Waals surface area contributed by atoms with Crippen LogP contribution in [0.1, 0.15) is 43.9 Å². The highest BCUT2D eigenvalue weighted by Gasteiger charge is 2.41. The lowest BCUT2D eigenvalue weighted by atomic mass is 9.89. The Morgan fingerprint density at radius 2 is 2.21 bits per heavy atom. The minimum absolute atomic E-state index is 0.0403. The molecule has 2 nitrogen and oxygen atoms in total. The molecule has 19 heavy (non-hydrogen) atoms. The molecule has 1 atom stereocenters. The van der Waals surface area contributed by atoms with Gasteiger partial charge in [0.15, 0.2) is 0 Å². The van der Waals surface area contributed by atoms with Crippen LogP contribution in [0.2, 0.25) is 0 Å². The molecule has 1 aromatic heterocycles. The average Bonchev–Trinajstić information content (AvgIpc) is 3.04. The van der Waals surface area contributed by atoms with E-state index >= 15 is 0 Å². The Balaban J connectivity index is 2.12. The fourth-order valence-electron chi connectivity index (χ4n) is 3.09. The molecule has 1 saturated carbocycles. The summed E-state index contributed by atoms with van der Waals surface area (Å²) in [5.74, 6) is 0. The van der Waals surface area contributed by atoms with Gasteiger partial charge in [-0.25, -0.2) is 0 Å². The summed E-state index contributed by atoms with van der Waals surface area (Å²) in [7, 11) is 1.88. The molecule has 1 aliphatic rings. The standard InChI is InChI=1S/C15H24BrNOS/c1-3-9-17-14(11-13-12(16)6-10-19-13)15(18-2)7-4-5-8-15/h6,10,14,17H,3-5,7-9,11H2,1-2H3. The number of nitrogens with one attached hydrogen (secondary N) is 1. The second-order valence-electron chi connectivity index (χ2n) is 5.38. The fourth-order valence-corrected chi connectivity index (χ4v) is 4.65. The van der Waals surface area contributed by atoms with Crippen LogP contribution in [0, 0.1) is 0 Å². The number of methoxy groups -OCH3 is 1. The molecule has 0 amide bonds. The molecule has 0 radical (unpaired) electrons. The van der Waals surface area contributed by atoms with Crippen molar-refractivity contribution >= 4 is 27.3 Å². The average molecular weight is 346 g/mol. The highest BCUT2D eigenvalue weighted by molar-refractivity contribution is 9.10. The number of rotatable bonds is 7. The van der Waals surface area contributed by atoms with Gasteiger partial charge in [0.25, 0.3) is 0 Å². The minimum atomic E-state index is 0.0403. The topological polar surface area (TPSA) is 21.3 Å². The summed E-state index contributed by atoms with van der Waals surface area (Å²) in [4.78, 5) is 1.43. The molecule has 0 bridgehead atoms. The quantitative estimate of drug-likeness (QED) is 0.791. The number of hydrogen-bond donors (Lipinski definition) is 1. The van der Waals surface area contributed by atoms with Crippen molar-refractivity contribution in [3.05, 3.63) is 20.8 Å². The van der Waals surface area contributed by atoms with Crippen molar-refractivity contribution in [2.24, 2.45) is 0 Å². The van der Waals surface area contributed by atoms with Gasteiger partial charge in [-0.05, 0) is 53.2 Å². The Hall–Kier alpha value is 0.1000. The molecule has 0 saturated heterocycles. The summed E-state index contributed by atoms with van der Waals surface area (Å²) in [6, 6.07) is 2.57.